The summed E-state index contributed by atoms with van der Waals surface area (Å²) in [6.07, 6.45) is 7.20. The fourth-order valence-corrected chi connectivity index (χ4v) is 4.11. The molecule has 0 bridgehead atoms. The third-order valence-corrected chi connectivity index (χ3v) is 5.98. The summed E-state index contributed by atoms with van der Waals surface area (Å²) < 4.78 is 6.67. The van der Waals surface area contributed by atoms with Crippen molar-refractivity contribution < 1.29 is 9.53 Å². The molecule has 8 heteroatoms. The molecule has 3 rings (SSSR count). The lowest BCUT2D eigenvalue weighted by Crippen LogP contribution is -2.29. The zero-order chi connectivity index (χ0) is 23.7. The van der Waals surface area contributed by atoms with Crippen molar-refractivity contribution in [3.63, 3.8) is 0 Å². The average molecular weight is 446 g/mol. The Morgan fingerprint density at radius 3 is 2.50 bits per heavy atom. The van der Waals surface area contributed by atoms with Crippen molar-refractivity contribution in [1.82, 2.24) is 20.0 Å². The van der Waals surface area contributed by atoms with Gasteiger partial charge in [-0.1, -0.05) is 25.3 Å². The Hall–Kier alpha value is -2.74. The van der Waals surface area contributed by atoms with Gasteiger partial charge in [0.1, 0.15) is 0 Å². The number of aryl methyl sites for hydroxylation is 1. The van der Waals surface area contributed by atoms with Crippen LogP contribution >= 0.6 is 0 Å². The van der Waals surface area contributed by atoms with Crippen LogP contribution in [-0.2, 0) is 13.6 Å². The molecule has 1 aromatic carbocycles. The fourth-order valence-electron chi connectivity index (χ4n) is 4.11. The maximum absolute atomic E-state index is 12.4. The number of rotatable bonds is 7. The number of aromatic amines is 1. The van der Waals surface area contributed by atoms with Gasteiger partial charge in [0.25, 0.3) is 11.5 Å². The van der Waals surface area contributed by atoms with Gasteiger partial charge < -0.3 is 20.3 Å². The summed E-state index contributed by atoms with van der Waals surface area (Å²) >= 11 is 0. The molecule has 0 aliphatic heterocycles. The van der Waals surface area contributed by atoms with Crippen LogP contribution in [0.3, 0.4) is 0 Å². The van der Waals surface area contributed by atoms with Crippen LogP contribution in [0.2, 0.25) is 0 Å². The van der Waals surface area contributed by atoms with Crippen molar-refractivity contribution in [2.45, 2.75) is 58.5 Å². The molecular formula is C24H39N5O3. The molecule has 0 atom stereocenters. The first kappa shape index (κ1) is 25.5. The monoisotopic (exact) mass is 445 g/mol. The number of nitrogens with one attached hydrogen (secondary N) is 3. The molecule has 0 radical (unpaired) electrons. The molecule has 1 saturated carbocycles. The lowest BCUT2D eigenvalue weighted by molar-refractivity contribution is 0.0950. The number of hydrogen-bond acceptors (Lipinski definition) is 5. The number of aromatic nitrogens is 2. The van der Waals surface area contributed by atoms with Crippen molar-refractivity contribution in [1.29, 1.82) is 0 Å². The van der Waals surface area contributed by atoms with Crippen LogP contribution < -0.4 is 20.9 Å². The minimum atomic E-state index is -0.275. The quantitative estimate of drug-likeness (QED) is 0.608. The lowest BCUT2D eigenvalue weighted by atomic mass is 9.95. The standard InChI is InChI=1S/C16H22N4O3.C8H17N/c1-5-17-13-8-6-7-11(10(13)2)14(21)18-9-12-15(22)19-20(3)16(12)23-4;1-9(2)8-6-4-3-5-7-8/h6-8,17H,5,9H2,1-4H3,(H,18,21)(H,19,22);8H,3-7H2,1-2H3. The van der Waals surface area contributed by atoms with Crippen LogP contribution in [0.15, 0.2) is 23.0 Å². The number of H-pyrrole nitrogens is 1. The van der Waals surface area contributed by atoms with E-state index in [4.69, 9.17) is 4.74 Å². The lowest BCUT2D eigenvalue weighted by Gasteiger charge is -2.27. The summed E-state index contributed by atoms with van der Waals surface area (Å²) in [5, 5.41) is 8.59. The smallest absolute Gasteiger partial charge is 0.273 e. The molecule has 1 aliphatic rings. The van der Waals surface area contributed by atoms with Crippen LogP contribution in [0.5, 0.6) is 5.88 Å². The molecule has 0 spiro atoms. The maximum atomic E-state index is 12.4. The van der Waals surface area contributed by atoms with E-state index in [-0.39, 0.29) is 18.0 Å². The van der Waals surface area contributed by atoms with Crippen molar-refractivity contribution in [2.24, 2.45) is 7.05 Å². The first-order chi connectivity index (χ1) is 15.3. The van der Waals surface area contributed by atoms with Crippen molar-refractivity contribution >= 4 is 11.6 Å². The molecule has 32 heavy (non-hydrogen) atoms. The number of nitrogens with zero attached hydrogens (tertiary/aromatic N) is 2. The number of anilines is 1. The molecule has 8 nitrogen and oxygen atoms in total. The summed E-state index contributed by atoms with van der Waals surface area (Å²) in [5.41, 5.74) is 2.50. The van der Waals surface area contributed by atoms with Gasteiger partial charge in [0, 0.05) is 30.9 Å². The molecular weight excluding hydrogens is 406 g/mol. The molecule has 1 heterocycles. The van der Waals surface area contributed by atoms with Gasteiger partial charge in [-0.15, -0.1) is 0 Å². The Labute approximate surface area is 191 Å². The normalized spacial score (nSPS) is 14.0. The molecule has 1 aromatic heterocycles. The highest BCUT2D eigenvalue weighted by molar-refractivity contribution is 5.97. The van der Waals surface area contributed by atoms with E-state index in [2.05, 4.69) is 34.7 Å². The van der Waals surface area contributed by atoms with Crippen molar-refractivity contribution in [3.8, 4) is 5.88 Å². The third kappa shape index (κ3) is 6.63. The summed E-state index contributed by atoms with van der Waals surface area (Å²) in [6.45, 7) is 4.77. The van der Waals surface area contributed by atoms with E-state index < -0.39 is 0 Å². The van der Waals surface area contributed by atoms with Crippen molar-refractivity contribution in [3.05, 3.63) is 45.2 Å². The second-order valence-corrected chi connectivity index (χ2v) is 8.43. The van der Waals surface area contributed by atoms with E-state index >= 15 is 0 Å². The highest BCUT2D eigenvalue weighted by atomic mass is 16.5. The van der Waals surface area contributed by atoms with E-state index in [0.717, 1.165) is 23.8 Å². The first-order valence-electron chi connectivity index (χ1n) is 11.4. The Morgan fingerprint density at radius 1 is 1.25 bits per heavy atom. The largest absolute Gasteiger partial charge is 0.481 e. The number of methoxy groups -OCH3 is 1. The minimum absolute atomic E-state index is 0.100. The van der Waals surface area contributed by atoms with Crippen LogP contribution in [0.25, 0.3) is 0 Å². The van der Waals surface area contributed by atoms with Gasteiger partial charge in [-0.05, 0) is 58.5 Å². The number of amides is 1. The topological polar surface area (TPSA) is 91.4 Å². The van der Waals surface area contributed by atoms with Crippen LogP contribution in [-0.4, -0.2) is 54.4 Å². The molecule has 1 fully saturated rings. The van der Waals surface area contributed by atoms with Gasteiger partial charge in [-0.3, -0.25) is 19.4 Å². The first-order valence-corrected chi connectivity index (χ1v) is 11.4. The van der Waals surface area contributed by atoms with Crippen LogP contribution in [0.4, 0.5) is 5.69 Å². The second-order valence-electron chi connectivity index (χ2n) is 8.43. The van der Waals surface area contributed by atoms with Gasteiger partial charge in [0.15, 0.2) is 0 Å². The van der Waals surface area contributed by atoms with E-state index in [9.17, 15) is 9.59 Å². The van der Waals surface area contributed by atoms with Gasteiger partial charge in [-0.25, -0.2) is 0 Å². The van der Waals surface area contributed by atoms with E-state index in [1.165, 1.54) is 43.9 Å². The number of carbonyl (C=O) groups excluding carboxylic acids is 1. The Kier molecular flexibility index (Phi) is 9.84. The molecule has 3 N–H and O–H groups in total. The highest BCUT2D eigenvalue weighted by Gasteiger charge is 2.17. The Balaban J connectivity index is 0.000000336. The maximum Gasteiger partial charge on any atom is 0.273 e. The summed E-state index contributed by atoms with van der Waals surface area (Å²) in [6, 6.07) is 6.41. The summed E-state index contributed by atoms with van der Waals surface area (Å²) in [4.78, 5) is 26.6. The van der Waals surface area contributed by atoms with Gasteiger partial charge in [0.05, 0.1) is 19.2 Å². The van der Waals surface area contributed by atoms with E-state index in [0.29, 0.717) is 17.0 Å². The minimum Gasteiger partial charge on any atom is -0.481 e. The molecule has 0 unspecified atom stereocenters. The summed E-state index contributed by atoms with van der Waals surface area (Å²) in [5.74, 6) is 0.181. The predicted octanol–water partition coefficient (Wildman–Crippen LogP) is 3.27. The number of benzene rings is 1. The highest BCUT2D eigenvalue weighted by Crippen LogP contribution is 2.20. The number of ether oxygens (including phenoxy) is 1. The molecule has 178 valence electrons. The van der Waals surface area contributed by atoms with Gasteiger partial charge >= 0.3 is 0 Å². The van der Waals surface area contributed by atoms with Gasteiger partial charge in [-0.2, -0.15) is 0 Å². The summed E-state index contributed by atoms with van der Waals surface area (Å²) in [7, 11) is 7.54. The Bertz CT molecular complexity index is 926. The average Bonchev–Trinajstić information content (AvgIpc) is 3.06. The van der Waals surface area contributed by atoms with Gasteiger partial charge in [0.2, 0.25) is 5.88 Å². The Morgan fingerprint density at radius 2 is 1.94 bits per heavy atom. The van der Waals surface area contributed by atoms with Crippen molar-refractivity contribution in [2.75, 3.05) is 33.1 Å². The number of hydrogen-bond donors (Lipinski definition) is 3. The molecule has 1 aliphatic carbocycles. The molecule has 0 saturated heterocycles. The van der Waals surface area contributed by atoms with Crippen LogP contribution in [0, 0.1) is 6.92 Å². The zero-order valence-electron chi connectivity index (χ0n) is 20.4. The molecule has 2 aromatic rings. The third-order valence-electron chi connectivity index (χ3n) is 5.98. The predicted molar refractivity (Wildman–Crippen MR) is 130 cm³/mol. The number of carbonyl (C=O) groups is 1. The second kappa shape index (κ2) is 12.3. The SMILES string of the molecule is CCNc1cccc(C(=O)NCc2c(OC)n(C)[nH]c2=O)c1C.CN(C)C1CCCCC1. The van der Waals surface area contributed by atoms with E-state index in [1.807, 2.05) is 26.0 Å². The van der Waals surface area contributed by atoms with E-state index in [1.54, 1.807) is 13.1 Å². The zero-order valence-corrected chi connectivity index (χ0v) is 20.4. The fraction of sp³-hybridized carbons (Fsp3) is 0.583. The molecule has 1 amide bonds. The van der Waals surface area contributed by atoms with Crippen LogP contribution in [0.1, 0.15) is 60.5 Å².